The number of hydrogen-bond acceptors (Lipinski definition) is 8. The summed E-state index contributed by atoms with van der Waals surface area (Å²) in [6, 6.07) is 11.3. The number of allylic oxidation sites excluding steroid dienone is 1. The summed E-state index contributed by atoms with van der Waals surface area (Å²) in [5.74, 6) is 0. The number of thiophene rings is 2. The summed E-state index contributed by atoms with van der Waals surface area (Å²) in [7, 11) is 0. The van der Waals surface area contributed by atoms with E-state index in [1.807, 2.05) is 47.2 Å². The Bertz CT molecular complexity index is 1010. The number of nitrogens with zero attached hydrogens (tertiary/aromatic N) is 3. The van der Waals surface area contributed by atoms with Crippen LogP contribution in [0.15, 0.2) is 64.4 Å². The van der Waals surface area contributed by atoms with Crippen LogP contribution < -0.4 is 5.43 Å². The van der Waals surface area contributed by atoms with E-state index < -0.39 is 21.2 Å². The quantitative estimate of drug-likeness (QED) is 0.335. The van der Waals surface area contributed by atoms with E-state index in [0.29, 0.717) is 5.71 Å². The molecule has 27 heavy (non-hydrogen) atoms. The molecule has 0 saturated heterocycles. The van der Waals surface area contributed by atoms with Crippen molar-refractivity contribution in [3.8, 4) is 0 Å². The third-order valence-electron chi connectivity index (χ3n) is 3.40. The van der Waals surface area contributed by atoms with Gasteiger partial charge in [-0.3, -0.25) is 25.7 Å². The molecule has 3 rings (SSSR count). The molecule has 0 aliphatic carbocycles. The summed E-state index contributed by atoms with van der Waals surface area (Å²) in [6.45, 7) is 0. The lowest BCUT2D eigenvalue weighted by molar-refractivity contribution is -0.422. The van der Waals surface area contributed by atoms with Gasteiger partial charge in [0.25, 0.3) is 0 Å². The zero-order valence-corrected chi connectivity index (χ0v) is 15.3. The minimum absolute atomic E-state index is 0.283. The van der Waals surface area contributed by atoms with E-state index in [4.69, 9.17) is 0 Å². The van der Waals surface area contributed by atoms with Gasteiger partial charge in [0, 0.05) is 17.0 Å². The van der Waals surface area contributed by atoms with Gasteiger partial charge in [-0.1, -0.05) is 12.1 Å². The second kappa shape index (κ2) is 8.34. The Morgan fingerprint density at radius 3 is 2.37 bits per heavy atom. The van der Waals surface area contributed by atoms with Gasteiger partial charge in [-0.15, -0.1) is 22.7 Å². The summed E-state index contributed by atoms with van der Waals surface area (Å²) in [6.07, 6.45) is 3.76. The lowest BCUT2D eigenvalue weighted by Gasteiger charge is -2.03. The SMILES string of the molecule is O=[N+]([O-])c1ccc(N/N=C(/C=C/c2cccs2)c2cccs2)cc1[N+](=O)[O-]. The first-order valence-corrected chi connectivity index (χ1v) is 9.32. The fourth-order valence-electron chi connectivity index (χ4n) is 2.16. The van der Waals surface area contributed by atoms with Crippen molar-refractivity contribution in [3.05, 3.63) is 89.3 Å². The van der Waals surface area contributed by atoms with Crippen LogP contribution in [0.3, 0.4) is 0 Å². The second-order valence-electron chi connectivity index (χ2n) is 5.15. The van der Waals surface area contributed by atoms with Crippen molar-refractivity contribution in [1.82, 2.24) is 0 Å². The summed E-state index contributed by atoms with van der Waals surface area (Å²) >= 11 is 3.09. The molecule has 0 spiro atoms. The van der Waals surface area contributed by atoms with E-state index in [1.165, 1.54) is 17.4 Å². The van der Waals surface area contributed by atoms with Crippen LogP contribution in [0.25, 0.3) is 6.08 Å². The van der Waals surface area contributed by atoms with Crippen molar-refractivity contribution in [2.75, 3.05) is 5.43 Å². The van der Waals surface area contributed by atoms with Crippen LogP contribution in [0.1, 0.15) is 9.75 Å². The molecule has 0 aliphatic heterocycles. The molecule has 0 amide bonds. The largest absolute Gasteiger partial charge is 0.348 e. The Morgan fingerprint density at radius 2 is 1.74 bits per heavy atom. The Hall–Kier alpha value is -3.37. The maximum Gasteiger partial charge on any atom is 0.348 e. The highest BCUT2D eigenvalue weighted by molar-refractivity contribution is 7.12. The molecular formula is C17H12N4O4S2. The predicted octanol–water partition coefficient (Wildman–Crippen LogP) is 5.16. The van der Waals surface area contributed by atoms with Crippen molar-refractivity contribution < 1.29 is 9.85 Å². The number of anilines is 1. The van der Waals surface area contributed by atoms with Crippen molar-refractivity contribution in [2.45, 2.75) is 0 Å². The Labute approximate surface area is 161 Å². The minimum atomic E-state index is -0.788. The third kappa shape index (κ3) is 4.63. The zero-order valence-electron chi connectivity index (χ0n) is 13.6. The average Bonchev–Trinajstić information content (AvgIpc) is 3.35. The standard InChI is InChI=1S/C17H12N4O4S2/c22-20(23)15-8-5-12(11-16(15)21(24)25)18-19-14(17-4-2-10-27-17)7-6-13-3-1-9-26-13/h1-11,18H/b7-6+,19-14-. The predicted molar refractivity (Wildman–Crippen MR) is 108 cm³/mol. The smallest absolute Gasteiger partial charge is 0.278 e. The van der Waals surface area contributed by atoms with Crippen LogP contribution >= 0.6 is 22.7 Å². The van der Waals surface area contributed by atoms with Crippen LogP contribution in [0, 0.1) is 20.2 Å². The molecule has 0 aliphatic rings. The minimum Gasteiger partial charge on any atom is -0.278 e. The molecule has 0 bridgehead atoms. The third-order valence-corrected chi connectivity index (χ3v) is 5.13. The lowest BCUT2D eigenvalue weighted by atomic mass is 10.2. The molecule has 2 aromatic heterocycles. The number of hydrazone groups is 1. The van der Waals surface area contributed by atoms with E-state index in [-0.39, 0.29) is 5.69 Å². The van der Waals surface area contributed by atoms with Crippen LogP contribution in [-0.4, -0.2) is 15.6 Å². The topological polar surface area (TPSA) is 111 Å². The molecule has 0 unspecified atom stereocenters. The van der Waals surface area contributed by atoms with E-state index in [1.54, 1.807) is 11.3 Å². The Kier molecular flexibility index (Phi) is 5.69. The van der Waals surface area contributed by atoms with Crippen LogP contribution in [0.5, 0.6) is 0 Å². The molecule has 0 radical (unpaired) electrons. The zero-order chi connectivity index (χ0) is 19.2. The molecule has 0 saturated carbocycles. The number of benzene rings is 1. The summed E-state index contributed by atoms with van der Waals surface area (Å²) in [5.41, 5.74) is 2.51. The van der Waals surface area contributed by atoms with Crippen LogP contribution in [-0.2, 0) is 0 Å². The Balaban J connectivity index is 1.89. The maximum atomic E-state index is 11.1. The van der Waals surface area contributed by atoms with Crippen molar-refractivity contribution in [1.29, 1.82) is 0 Å². The molecule has 1 N–H and O–H groups in total. The fourth-order valence-corrected chi connectivity index (χ4v) is 3.48. The molecule has 8 nitrogen and oxygen atoms in total. The monoisotopic (exact) mass is 400 g/mol. The molecular weight excluding hydrogens is 388 g/mol. The molecule has 0 atom stereocenters. The number of hydrogen-bond donors (Lipinski definition) is 1. The van der Waals surface area contributed by atoms with Gasteiger partial charge >= 0.3 is 11.4 Å². The highest BCUT2D eigenvalue weighted by atomic mass is 32.1. The highest BCUT2D eigenvalue weighted by Crippen LogP contribution is 2.29. The second-order valence-corrected chi connectivity index (χ2v) is 7.08. The molecule has 136 valence electrons. The highest BCUT2D eigenvalue weighted by Gasteiger charge is 2.24. The Morgan fingerprint density at radius 1 is 1.00 bits per heavy atom. The summed E-state index contributed by atoms with van der Waals surface area (Å²) in [5, 5.41) is 30.2. The van der Waals surface area contributed by atoms with Crippen LogP contribution in [0.2, 0.25) is 0 Å². The number of rotatable bonds is 7. The number of nitro groups is 2. The summed E-state index contributed by atoms with van der Waals surface area (Å²) < 4.78 is 0. The molecule has 1 aromatic carbocycles. The van der Waals surface area contributed by atoms with E-state index >= 15 is 0 Å². The van der Waals surface area contributed by atoms with E-state index in [0.717, 1.165) is 21.9 Å². The molecule has 0 fully saturated rings. The average molecular weight is 400 g/mol. The van der Waals surface area contributed by atoms with Gasteiger partial charge in [-0.25, -0.2) is 0 Å². The first kappa shape index (κ1) is 18.4. The first-order chi connectivity index (χ1) is 13.0. The van der Waals surface area contributed by atoms with Crippen molar-refractivity contribution >= 4 is 51.5 Å². The first-order valence-electron chi connectivity index (χ1n) is 7.56. The molecule has 3 aromatic rings. The number of nitro benzene ring substituents is 2. The van der Waals surface area contributed by atoms with Gasteiger partial charge in [-0.05, 0) is 41.1 Å². The van der Waals surface area contributed by atoms with Gasteiger partial charge in [0.15, 0.2) is 0 Å². The van der Waals surface area contributed by atoms with Gasteiger partial charge < -0.3 is 0 Å². The van der Waals surface area contributed by atoms with Crippen LogP contribution in [0.4, 0.5) is 17.1 Å². The fraction of sp³-hybridized carbons (Fsp3) is 0. The van der Waals surface area contributed by atoms with Crippen molar-refractivity contribution in [3.63, 3.8) is 0 Å². The maximum absolute atomic E-state index is 11.1. The summed E-state index contributed by atoms with van der Waals surface area (Å²) in [4.78, 5) is 22.4. The molecule has 2 heterocycles. The van der Waals surface area contributed by atoms with Crippen molar-refractivity contribution in [2.24, 2.45) is 5.10 Å². The van der Waals surface area contributed by atoms with Gasteiger partial charge in [-0.2, -0.15) is 5.10 Å². The van der Waals surface area contributed by atoms with Gasteiger partial charge in [0.2, 0.25) is 0 Å². The van der Waals surface area contributed by atoms with Gasteiger partial charge in [0.05, 0.1) is 20.4 Å². The normalized spacial score (nSPS) is 11.6. The molecule has 10 heteroatoms. The van der Waals surface area contributed by atoms with E-state index in [9.17, 15) is 20.2 Å². The lowest BCUT2D eigenvalue weighted by Crippen LogP contribution is -2.01. The van der Waals surface area contributed by atoms with E-state index in [2.05, 4.69) is 10.5 Å². The van der Waals surface area contributed by atoms with Gasteiger partial charge in [0.1, 0.15) is 5.71 Å². The number of nitrogens with one attached hydrogen (secondary N) is 1.